The van der Waals surface area contributed by atoms with Crippen molar-refractivity contribution in [3.05, 3.63) is 61.2 Å². The van der Waals surface area contributed by atoms with Crippen molar-refractivity contribution in [2.24, 2.45) is 0 Å². The number of furan rings is 1. The van der Waals surface area contributed by atoms with Gasteiger partial charge in [-0.1, -0.05) is 30.3 Å². The van der Waals surface area contributed by atoms with Gasteiger partial charge in [0.1, 0.15) is 5.52 Å². The zero-order chi connectivity index (χ0) is 20.6. The van der Waals surface area contributed by atoms with Gasteiger partial charge >= 0.3 is 0 Å². The van der Waals surface area contributed by atoms with E-state index in [0.29, 0.717) is 41.8 Å². The van der Waals surface area contributed by atoms with E-state index in [1.165, 1.54) is 0 Å². The van der Waals surface area contributed by atoms with Gasteiger partial charge in [0.15, 0.2) is 23.0 Å². The Morgan fingerprint density at radius 2 is 1.87 bits per heavy atom. The third-order valence-electron chi connectivity index (χ3n) is 5.28. The van der Waals surface area contributed by atoms with Crippen LogP contribution in [0.3, 0.4) is 0 Å². The Hall–Kier alpha value is -3.98. The summed E-state index contributed by atoms with van der Waals surface area (Å²) in [6, 6.07) is 12.0. The fourth-order valence-electron chi connectivity index (χ4n) is 3.72. The van der Waals surface area contributed by atoms with E-state index in [-0.39, 0.29) is 0 Å². The van der Waals surface area contributed by atoms with Crippen molar-refractivity contribution in [2.75, 3.05) is 31.2 Å². The summed E-state index contributed by atoms with van der Waals surface area (Å²) in [5.41, 5.74) is 3.43. The van der Waals surface area contributed by atoms with E-state index in [1.807, 2.05) is 36.7 Å². The van der Waals surface area contributed by atoms with Crippen molar-refractivity contribution >= 4 is 16.9 Å². The maximum atomic E-state index is 6.13. The molecule has 0 radical (unpaired) electrons. The number of nitrogens with one attached hydrogen (secondary N) is 1. The topological polar surface area (TPSA) is 97.9 Å². The molecular weight excluding hydrogens is 394 g/mol. The lowest BCUT2D eigenvalue weighted by Gasteiger charge is -2.27. The summed E-state index contributed by atoms with van der Waals surface area (Å²) >= 11 is 0. The molecule has 6 rings (SSSR count). The minimum absolute atomic E-state index is 0.489. The lowest BCUT2D eigenvalue weighted by Crippen LogP contribution is -2.37. The normalized spacial score (nSPS) is 14.4. The van der Waals surface area contributed by atoms with E-state index in [0.717, 1.165) is 30.0 Å². The number of hydrogen-bond donors (Lipinski definition) is 1. The molecule has 154 valence electrons. The number of aromatic amines is 1. The number of fused-ring (bicyclic) bond motifs is 1. The van der Waals surface area contributed by atoms with Gasteiger partial charge < -0.3 is 19.0 Å². The first kappa shape index (κ1) is 17.8. The van der Waals surface area contributed by atoms with Crippen LogP contribution >= 0.6 is 0 Å². The Balaban J connectivity index is 1.48. The van der Waals surface area contributed by atoms with Crippen LogP contribution in [0.15, 0.2) is 65.6 Å². The number of benzene rings is 1. The molecule has 0 amide bonds. The molecular formula is C22H19N7O2. The summed E-state index contributed by atoms with van der Waals surface area (Å²) < 4.78 is 13.3. The predicted molar refractivity (Wildman–Crippen MR) is 115 cm³/mol. The van der Waals surface area contributed by atoms with Crippen molar-refractivity contribution in [3.8, 4) is 28.7 Å². The highest BCUT2D eigenvalue weighted by molar-refractivity contribution is 5.88. The van der Waals surface area contributed by atoms with Gasteiger partial charge in [-0.2, -0.15) is 10.1 Å². The third kappa shape index (κ3) is 3.24. The molecule has 1 fully saturated rings. The van der Waals surface area contributed by atoms with E-state index < -0.39 is 0 Å². The average molecular weight is 413 g/mol. The number of anilines is 1. The van der Waals surface area contributed by atoms with Gasteiger partial charge in [0.2, 0.25) is 0 Å². The van der Waals surface area contributed by atoms with E-state index in [2.05, 4.69) is 32.1 Å². The van der Waals surface area contributed by atoms with Gasteiger partial charge in [-0.25, -0.2) is 14.6 Å². The Morgan fingerprint density at radius 1 is 1.00 bits per heavy atom. The first-order valence-electron chi connectivity index (χ1n) is 10.1. The molecule has 1 aliphatic rings. The second kappa shape index (κ2) is 7.37. The van der Waals surface area contributed by atoms with E-state index >= 15 is 0 Å². The Morgan fingerprint density at radius 3 is 2.68 bits per heavy atom. The van der Waals surface area contributed by atoms with E-state index in [9.17, 15) is 0 Å². The van der Waals surface area contributed by atoms with Gasteiger partial charge in [-0.15, -0.1) is 0 Å². The number of hydrogen-bond acceptors (Lipinski definition) is 7. The Labute approximate surface area is 177 Å². The van der Waals surface area contributed by atoms with Crippen molar-refractivity contribution in [2.45, 2.75) is 0 Å². The molecule has 9 heteroatoms. The summed E-state index contributed by atoms with van der Waals surface area (Å²) in [4.78, 5) is 19.1. The van der Waals surface area contributed by atoms with Gasteiger partial charge in [-0.05, 0) is 5.56 Å². The third-order valence-corrected chi connectivity index (χ3v) is 5.28. The van der Waals surface area contributed by atoms with Crippen molar-refractivity contribution in [3.63, 3.8) is 0 Å². The quantitative estimate of drug-likeness (QED) is 0.483. The molecule has 9 nitrogen and oxygen atoms in total. The molecule has 5 heterocycles. The second-order valence-corrected chi connectivity index (χ2v) is 7.25. The van der Waals surface area contributed by atoms with Crippen LogP contribution in [-0.2, 0) is 4.74 Å². The first-order valence-corrected chi connectivity index (χ1v) is 10.1. The number of nitrogens with zero attached hydrogens (tertiary/aromatic N) is 6. The lowest BCUT2D eigenvalue weighted by molar-refractivity contribution is 0.122. The maximum Gasteiger partial charge on any atom is 0.253 e. The van der Waals surface area contributed by atoms with Gasteiger partial charge in [0.05, 0.1) is 19.4 Å². The molecule has 0 saturated carbocycles. The number of rotatable bonds is 4. The number of imidazole rings is 1. The van der Waals surface area contributed by atoms with Gasteiger partial charge in [-0.3, -0.25) is 0 Å². The minimum Gasteiger partial charge on any atom is -0.447 e. The summed E-state index contributed by atoms with van der Waals surface area (Å²) in [7, 11) is 0. The van der Waals surface area contributed by atoms with Crippen LogP contribution in [0.1, 0.15) is 0 Å². The van der Waals surface area contributed by atoms with Crippen LogP contribution in [0, 0.1) is 0 Å². The smallest absolute Gasteiger partial charge is 0.253 e. The zero-order valence-electron chi connectivity index (χ0n) is 16.6. The van der Waals surface area contributed by atoms with Crippen LogP contribution in [0.5, 0.6) is 0 Å². The van der Waals surface area contributed by atoms with Gasteiger partial charge in [0.25, 0.3) is 5.95 Å². The molecule has 5 aromatic rings. The summed E-state index contributed by atoms with van der Waals surface area (Å²) in [5.74, 6) is 2.49. The van der Waals surface area contributed by atoms with Crippen LogP contribution in [0.2, 0.25) is 0 Å². The molecule has 0 bridgehead atoms. The standard InChI is InChI=1S/C22H19N7O2/c1-2-4-15(5-3-1)16-13-25-29(14-16)22-26-17-12-18(20-23-6-7-24-20)31-19(17)21(27-22)28-8-10-30-11-9-28/h1-7,12-14H,8-11H2,(H,23,24). The fourth-order valence-corrected chi connectivity index (χ4v) is 3.72. The van der Waals surface area contributed by atoms with E-state index in [4.69, 9.17) is 19.1 Å². The molecule has 4 aromatic heterocycles. The van der Waals surface area contributed by atoms with E-state index in [1.54, 1.807) is 17.1 Å². The van der Waals surface area contributed by atoms with Crippen molar-refractivity contribution in [1.82, 2.24) is 29.7 Å². The largest absolute Gasteiger partial charge is 0.447 e. The molecule has 1 saturated heterocycles. The lowest BCUT2D eigenvalue weighted by atomic mass is 10.1. The predicted octanol–water partition coefficient (Wildman–Crippen LogP) is 3.30. The average Bonchev–Trinajstić information content (AvgIpc) is 3.60. The first-order chi connectivity index (χ1) is 15.3. The highest BCUT2D eigenvalue weighted by Crippen LogP contribution is 2.32. The number of H-pyrrole nitrogens is 1. The highest BCUT2D eigenvalue weighted by Gasteiger charge is 2.22. The molecule has 0 aliphatic carbocycles. The maximum absolute atomic E-state index is 6.13. The second-order valence-electron chi connectivity index (χ2n) is 7.25. The van der Waals surface area contributed by atoms with Crippen LogP contribution < -0.4 is 4.90 Å². The molecule has 0 unspecified atom stereocenters. The monoisotopic (exact) mass is 413 g/mol. The fraction of sp³-hybridized carbons (Fsp3) is 0.182. The molecule has 0 atom stereocenters. The summed E-state index contributed by atoms with van der Waals surface area (Å²) in [5, 5.41) is 4.51. The van der Waals surface area contributed by atoms with Crippen molar-refractivity contribution in [1.29, 1.82) is 0 Å². The number of ether oxygens (including phenoxy) is 1. The molecule has 31 heavy (non-hydrogen) atoms. The van der Waals surface area contributed by atoms with Crippen LogP contribution in [0.25, 0.3) is 39.8 Å². The summed E-state index contributed by atoms with van der Waals surface area (Å²) in [6.07, 6.45) is 7.21. The van der Waals surface area contributed by atoms with Crippen molar-refractivity contribution < 1.29 is 9.15 Å². The number of morpholine rings is 1. The molecule has 1 aromatic carbocycles. The van der Waals surface area contributed by atoms with Crippen LogP contribution in [-0.4, -0.2) is 56.0 Å². The van der Waals surface area contributed by atoms with Gasteiger partial charge in [0, 0.05) is 43.3 Å². The minimum atomic E-state index is 0.489. The SMILES string of the molecule is c1ccc(-c2cnn(-c3nc(N4CCOCC4)c4oc(-c5ncc[nH]5)cc4n3)c2)cc1. The number of aromatic nitrogens is 6. The summed E-state index contributed by atoms with van der Waals surface area (Å²) in [6.45, 7) is 2.76. The highest BCUT2D eigenvalue weighted by atomic mass is 16.5. The molecule has 1 N–H and O–H groups in total. The Bertz CT molecular complexity index is 1320. The molecule has 1 aliphatic heterocycles. The zero-order valence-corrected chi connectivity index (χ0v) is 16.6. The van der Waals surface area contributed by atoms with Crippen LogP contribution in [0.4, 0.5) is 5.82 Å². The Kier molecular flexibility index (Phi) is 4.24. The molecule has 0 spiro atoms.